The quantitative estimate of drug-likeness (QED) is 0.0727. The van der Waals surface area contributed by atoms with Crippen molar-refractivity contribution in [3.05, 3.63) is 11.8 Å². The number of hydrogen-bond acceptors (Lipinski definition) is 15. The maximum atomic E-state index is 13.3. The molecule has 11 atom stereocenters. The number of nitrogens with one attached hydrogen (secondary N) is 6. The van der Waals surface area contributed by atoms with Crippen LogP contribution in [0.3, 0.4) is 0 Å². The van der Waals surface area contributed by atoms with Gasteiger partial charge in [0.1, 0.15) is 41.4 Å². The number of aliphatic hydroxyl groups is 4. The highest BCUT2D eigenvalue weighted by Crippen LogP contribution is 2.35. The summed E-state index contributed by atoms with van der Waals surface area (Å²) >= 11 is 0. The number of aliphatic hydroxyl groups excluding tert-OH is 2. The highest BCUT2D eigenvalue weighted by molar-refractivity contribution is 5.87. The molecular weight excluding hydrogens is 606 g/mol. The number of carbonyl (C=O) groups excluding carboxylic acids is 1. The number of rotatable bonds is 11. The van der Waals surface area contributed by atoms with Crippen molar-refractivity contribution >= 4 is 11.9 Å². The van der Waals surface area contributed by atoms with Crippen LogP contribution in [-0.4, -0.2) is 150 Å². The molecule has 46 heavy (non-hydrogen) atoms. The maximum absolute atomic E-state index is 13.3. The van der Waals surface area contributed by atoms with Crippen LogP contribution < -0.4 is 43.8 Å². The number of likely N-dealkylation sites (N-methyl/N-ethyl adjacent to an activating group) is 1. The number of nitrogens with two attached hydrogens (primary N) is 3. The third-order valence-corrected chi connectivity index (χ3v) is 9.64. The van der Waals surface area contributed by atoms with Crippen molar-refractivity contribution in [1.29, 1.82) is 5.41 Å². The van der Waals surface area contributed by atoms with Crippen LogP contribution in [0.25, 0.3) is 0 Å². The molecule has 2 saturated carbocycles. The average molecular weight is 658 g/mol. The Labute approximate surface area is 267 Å². The first-order valence-corrected chi connectivity index (χ1v) is 15.8. The fraction of sp³-hybridized carbons (Fsp3) is 0.857. The summed E-state index contributed by atoms with van der Waals surface area (Å²) in [7, 11) is 1.58. The SMILES string of the molecule is CN[C@@H]1[C@@H](O)[C@@H](O[C@H]2[C@H](NC(=O)C3(O)CC(NC(=N)N)C3)C[C@H](N)C(O[C@H]3OC(CN)=CC[C@H]3NC3CNC3)[C@@H]2O)OC[C@]1(C)O. The number of guanidine groups is 1. The maximum Gasteiger partial charge on any atom is 0.252 e. The molecule has 0 bridgehead atoms. The summed E-state index contributed by atoms with van der Waals surface area (Å²) in [5, 5.41) is 67.0. The minimum atomic E-state index is -1.74. The molecule has 2 aliphatic carbocycles. The topological polar surface area (TPSA) is 297 Å². The average Bonchev–Trinajstić information content (AvgIpc) is 2.95. The van der Waals surface area contributed by atoms with E-state index in [2.05, 4.69) is 26.6 Å². The minimum Gasteiger partial charge on any atom is -0.467 e. The van der Waals surface area contributed by atoms with Gasteiger partial charge in [-0.05, 0) is 32.9 Å². The second kappa shape index (κ2) is 14.1. The summed E-state index contributed by atoms with van der Waals surface area (Å²) in [6.45, 7) is 3.08. The first kappa shape index (κ1) is 35.1. The largest absolute Gasteiger partial charge is 0.467 e. The van der Waals surface area contributed by atoms with Gasteiger partial charge in [-0.1, -0.05) is 0 Å². The lowest BCUT2D eigenvalue weighted by Gasteiger charge is -2.50. The third kappa shape index (κ3) is 7.43. The fourth-order valence-corrected chi connectivity index (χ4v) is 6.94. The summed E-state index contributed by atoms with van der Waals surface area (Å²) in [6, 6.07) is -2.97. The smallest absolute Gasteiger partial charge is 0.252 e. The first-order chi connectivity index (χ1) is 21.7. The molecular formula is C28H51N9O9. The van der Waals surface area contributed by atoms with Gasteiger partial charge in [-0.15, -0.1) is 0 Å². The van der Waals surface area contributed by atoms with E-state index in [9.17, 15) is 25.2 Å². The summed E-state index contributed by atoms with van der Waals surface area (Å²) in [6.07, 6.45) is -4.65. The Kier molecular flexibility index (Phi) is 10.8. The number of carbonyl (C=O) groups is 1. The Balaban J connectivity index is 1.34. The van der Waals surface area contributed by atoms with Crippen molar-refractivity contribution in [2.75, 3.05) is 33.3 Å². The standard InChI is InChI=1S/C28H51N9O9/c1-27(41)11-43-24(19(39)22(27)33-2)46-21-17(37-25(40)28(42)6-12(7-28)36-26(31)32)5-15(30)20(18(21)38)45-23-16(35-13-9-34-10-13)4-3-14(8-29)44-23/h3,12-13,15-24,33-35,38-39,41-42H,4-11,29-30H2,1-2H3,(H,37,40)(H4,31,32,36)/t12?,15-,16+,17+,18-,19+,20?,21-,22+,23+,24+,27-,28?/m0/s1. The van der Waals surface area contributed by atoms with Gasteiger partial charge >= 0.3 is 0 Å². The lowest BCUT2D eigenvalue weighted by molar-refractivity contribution is -0.304. The van der Waals surface area contributed by atoms with Crippen molar-refractivity contribution in [3.8, 4) is 0 Å². The zero-order valence-corrected chi connectivity index (χ0v) is 26.2. The van der Waals surface area contributed by atoms with Crippen molar-refractivity contribution in [1.82, 2.24) is 26.6 Å². The lowest BCUT2D eigenvalue weighted by atomic mass is 9.74. The molecule has 0 aromatic rings. The Hall–Kier alpha value is -2.20. The molecule has 262 valence electrons. The molecule has 2 saturated heterocycles. The molecule has 16 N–H and O–H groups in total. The van der Waals surface area contributed by atoms with E-state index in [0.29, 0.717) is 12.2 Å². The molecule has 0 spiro atoms. The minimum absolute atomic E-state index is 0.0152. The number of hydrogen-bond donors (Lipinski definition) is 13. The molecule has 1 amide bonds. The number of ether oxygens (including phenoxy) is 4. The zero-order valence-electron chi connectivity index (χ0n) is 26.2. The van der Waals surface area contributed by atoms with E-state index in [4.69, 9.17) is 41.6 Å². The third-order valence-electron chi connectivity index (χ3n) is 9.64. The molecule has 0 radical (unpaired) electrons. The molecule has 1 unspecified atom stereocenters. The molecule has 0 aromatic heterocycles. The van der Waals surface area contributed by atoms with Gasteiger partial charge in [-0.2, -0.15) is 0 Å². The monoisotopic (exact) mass is 657 g/mol. The Morgan fingerprint density at radius 3 is 2.41 bits per heavy atom. The van der Waals surface area contributed by atoms with Crippen LogP contribution in [0.5, 0.6) is 0 Å². The molecule has 18 nitrogen and oxygen atoms in total. The van der Waals surface area contributed by atoms with Crippen LogP contribution in [0.1, 0.15) is 32.6 Å². The second-order valence-corrected chi connectivity index (χ2v) is 13.4. The molecule has 0 aromatic carbocycles. The Bertz CT molecular complexity index is 1120. The molecule has 4 fully saturated rings. The van der Waals surface area contributed by atoms with Gasteiger partial charge < -0.3 is 83.2 Å². The normalized spacial score (nSPS) is 44.6. The van der Waals surface area contributed by atoms with E-state index in [1.165, 1.54) is 6.92 Å². The highest BCUT2D eigenvalue weighted by atomic mass is 16.7. The zero-order chi connectivity index (χ0) is 33.4. The molecule has 5 aliphatic rings. The Morgan fingerprint density at radius 1 is 1.11 bits per heavy atom. The van der Waals surface area contributed by atoms with E-state index < -0.39 is 72.2 Å². The summed E-state index contributed by atoms with van der Waals surface area (Å²) in [5.74, 6) is -0.433. The predicted molar refractivity (Wildman–Crippen MR) is 163 cm³/mol. The van der Waals surface area contributed by atoms with Crippen molar-refractivity contribution in [2.45, 2.75) is 117 Å². The van der Waals surface area contributed by atoms with Gasteiger partial charge in [0.2, 0.25) is 6.29 Å². The van der Waals surface area contributed by atoms with Gasteiger partial charge in [0.25, 0.3) is 5.91 Å². The lowest BCUT2D eigenvalue weighted by Crippen LogP contribution is -2.71. The van der Waals surface area contributed by atoms with Crippen molar-refractivity contribution in [2.24, 2.45) is 17.2 Å². The van der Waals surface area contributed by atoms with E-state index >= 15 is 0 Å². The van der Waals surface area contributed by atoms with Crippen molar-refractivity contribution < 1.29 is 44.2 Å². The summed E-state index contributed by atoms with van der Waals surface area (Å²) < 4.78 is 24.3. The van der Waals surface area contributed by atoms with Crippen molar-refractivity contribution in [3.63, 3.8) is 0 Å². The highest BCUT2D eigenvalue weighted by Gasteiger charge is 2.54. The van der Waals surface area contributed by atoms with Crippen LogP contribution in [0.2, 0.25) is 0 Å². The first-order valence-electron chi connectivity index (χ1n) is 15.8. The van der Waals surface area contributed by atoms with E-state index in [1.807, 2.05) is 6.08 Å². The van der Waals surface area contributed by atoms with Crippen LogP contribution >= 0.6 is 0 Å². The second-order valence-electron chi connectivity index (χ2n) is 13.4. The van der Waals surface area contributed by atoms with E-state index in [0.717, 1.165) is 13.1 Å². The van der Waals surface area contributed by atoms with E-state index in [-0.39, 0.29) is 56.5 Å². The molecule has 5 rings (SSSR count). The predicted octanol–water partition coefficient (Wildman–Crippen LogP) is -5.71. The molecule has 18 heteroatoms. The van der Waals surface area contributed by atoms with Crippen LogP contribution in [0.15, 0.2) is 11.8 Å². The van der Waals surface area contributed by atoms with E-state index in [1.54, 1.807) is 7.05 Å². The van der Waals surface area contributed by atoms with Gasteiger partial charge in [0.05, 0.1) is 31.3 Å². The summed E-state index contributed by atoms with van der Waals surface area (Å²) in [4.78, 5) is 13.3. The number of amides is 1. The molecule has 3 aliphatic heterocycles. The fourth-order valence-electron chi connectivity index (χ4n) is 6.94. The van der Waals surface area contributed by atoms with Crippen LogP contribution in [-0.2, 0) is 23.7 Å². The van der Waals surface area contributed by atoms with Gasteiger partial charge in [-0.25, -0.2) is 0 Å². The van der Waals surface area contributed by atoms with Crippen LogP contribution in [0.4, 0.5) is 0 Å². The van der Waals surface area contributed by atoms with Gasteiger partial charge in [-0.3, -0.25) is 10.2 Å². The Morgan fingerprint density at radius 2 is 1.80 bits per heavy atom. The summed E-state index contributed by atoms with van der Waals surface area (Å²) in [5.41, 5.74) is 14.7. The van der Waals surface area contributed by atoms with Gasteiger partial charge in [0.15, 0.2) is 12.2 Å². The molecule has 3 heterocycles. The van der Waals surface area contributed by atoms with Crippen LogP contribution in [0, 0.1) is 5.41 Å². The van der Waals surface area contributed by atoms with Gasteiger partial charge in [0, 0.05) is 44.1 Å².